The van der Waals surface area contributed by atoms with E-state index >= 15 is 0 Å². The van der Waals surface area contributed by atoms with Crippen LogP contribution in [0.2, 0.25) is 0 Å². The van der Waals surface area contributed by atoms with Crippen molar-refractivity contribution in [3.05, 3.63) is 35.9 Å². The highest BCUT2D eigenvalue weighted by atomic mass is 16.6. The van der Waals surface area contributed by atoms with Crippen LogP contribution < -0.4 is 5.73 Å². The predicted molar refractivity (Wildman–Crippen MR) is 62.2 cm³/mol. The third-order valence-electron chi connectivity index (χ3n) is 2.80. The highest BCUT2D eigenvalue weighted by Crippen LogP contribution is 2.10. The number of carbonyl (C=O) groups is 1. The number of rotatable bonds is 2. The molecule has 3 N–H and O–H groups in total. The number of β-amino-alcohol motifs (C(OH)–C–C–N with tert-alkyl or cyclic N) is 1. The van der Waals surface area contributed by atoms with Crippen LogP contribution in [0, 0.1) is 0 Å². The monoisotopic (exact) mass is 236 g/mol. The molecule has 1 fully saturated rings. The van der Waals surface area contributed by atoms with Gasteiger partial charge in [-0.1, -0.05) is 30.3 Å². The second-order valence-electron chi connectivity index (χ2n) is 4.18. The molecule has 5 heteroatoms. The van der Waals surface area contributed by atoms with Gasteiger partial charge < -0.3 is 20.5 Å². The smallest absolute Gasteiger partial charge is 0.410 e. The van der Waals surface area contributed by atoms with Crippen molar-refractivity contribution in [1.82, 2.24) is 4.90 Å². The number of carbonyl (C=O) groups excluding carboxylic acids is 1. The van der Waals surface area contributed by atoms with Gasteiger partial charge in [0.25, 0.3) is 0 Å². The van der Waals surface area contributed by atoms with E-state index in [0.717, 1.165) is 5.56 Å². The quantitative estimate of drug-likeness (QED) is 0.775. The van der Waals surface area contributed by atoms with Crippen LogP contribution >= 0.6 is 0 Å². The maximum Gasteiger partial charge on any atom is 0.410 e. The normalized spacial score (nSPS) is 23.8. The summed E-state index contributed by atoms with van der Waals surface area (Å²) in [6, 6.07) is 9.08. The van der Waals surface area contributed by atoms with Gasteiger partial charge in [0, 0.05) is 6.54 Å². The molecule has 17 heavy (non-hydrogen) atoms. The topological polar surface area (TPSA) is 75.8 Å². The third kappa shape index (κ3) is 2.95. The van der Waals surface area contributed by atoms with Crippen LogP contribution in [0.1, 0.15) is 5.56 Å². The Hall–Kier alpha value is -1.59. The van der Waals surface area contributed by atoms with Crippen molar-refractivity contribution in [1.29, 1.82) is 0 Å². The summed E-state index contributed by atoms with van der Waals surface area (Å²) in [5.74, 6) is 0. The van der Waals surface area contributed by atoms with E-state index in [9.17, 15) is 9.90 Å². The van der Waals surface area contributed by atoms with Crippen molar-refractivity contribution in [2.75, 3.05) is 13.1 Å². The molecule has 92 valence electrons. The van der Waals surface area contributed by atoms with Crippen molar-refractivity contribution in [3.63, 3.8) is 0 Å². The van der Waals surface area contributed by atoms with Gasteiger partial charge in [0.05, 0.1) is 18.7 Å². The first kappa shape index (κ1) is 11.9. The first-order valence-electron chi connectivity index (χ1n) is 5.56. The number of hydrogen-bond donors (Lipinski definition) is 2. The summed E-state index contributed by atoms with van der Waals surface area (Å²) < 4.78 is 5.13. The Kier molecular flexibility index (Phi) is 3.61. The molecule has 0 unspecified atom stereocenters. The van der Waals surface area contributed by atoms with Crippen molar-refractivity contribution >= 4 is 6.09 Å². The van der Waals surface area contributed by atoms with Crippen LogP contribution in [0.25, 0.3) is 0 Å². The molecule has 0 aliphatic carbocycles. The molecule has 0 saturated carbocycles. The van der Waals surface area contributed by atoms with Crippen molar-refractivity contribution in [2.45, 2.75) is 18.8 Å². The second-order valence-corrected chi connectivity index (χ2v) is 4.18. The maximum atomic E-state index is 11.6. The number of benzene rings is 1. The minimum atomic E-state index is -0.653. The Morgan fingerprint density at radius 3 is 2.71 bits per heavy atom. The Morgan fingerprint density at radius 2 is 2.12 bits per heavy atom. The van der Waals surface area contributed by atoms with Gasteiger partial charge in [-0.3, -0.25) is 0 Å². The van der Waals surface area contributed by atoms with Gasteiger partial charge >= 0.3 is 6.09 Å². The van der Waals surface area contributed by atoms with Crippen LogP contribution in [-0.4, -0.2) is 41.3 Å². The Labute approximate surface area is 99.8 Å². The number of amides is 1. The van der Waals surface area contributed by atoms with E-state index in [4.69, 9.17) is 10.5 Å². The van der Waals surface area contributed by atoms with Gasteiger partial charge in [0.2, 0.25) is 0 Å². The predicted octanol–water partition coefficient (Wildman–Crippen LogP) is 0.327. The van der Waals surface area contributed by atoms with Gasteiger partial charge in [-0.2, -0.15) is 0 Å². The van der Waals surface area contributed by atoms with Crippen LogP contribution in [-0.2, 0) is 11.3 Å². The van der Waals surface area contributed by atoms with Gasteiger partial charge in [0.1, 0.15) is 6.61 Å². The number of nitrogens with zero attached hydrogens (tertiary/aromatic N) is 1. The Bertz CT molecular complexity index is 373. The lowest BCUT2D eigenvalue weighted by Crippen LogP contribution is -2.33. The van der Waals surface area contributed by atoms with Gasteiger partial charge in [-0.25, -0.2) is 4.79 Å². The summed E-state index contributed by atoms with van der Waals surface area (Å²) >= 11 is 0. The molecule has 1 saturated heterocycles. The first-order chi connectivity index (χ1) is 8.16. The summed E-state index contributed by atoms with van der Waals surface area (Å²) in [4.78, 5) is 13.1. The summed E-state index contributed by atoms with van der Waals surface area (Å²) in [6.07, 6.45) is -1.08. The summed E-state index contributed by atoms with van der Waals surface area (Å²) in [5.41, 5.74) is 6.55. The zero-order valence-corrected chi connectivity index (χ0v) is 9.45. The number of aliphatic hydroxyl groups is 1. The number of nitrogens with two attached hydrogens (primary N) is 1. The van der Waals surface area contributed by atoms with Crippen LogP contribution in [0.15, 0.2) is 30.3 Å². The molecule has 1 aromatic rings. The fourth-order valence-electron chi connectivity index (χ4n) is 1.77. The van der Waals surface area contributed by atoms with Crippen molar-refractivity contribution < 1.29 is 14.6 Å². The zero-order valence-electron chi connectivity index (χ0n) is 9.45. The van der Waals surface area contributed by atoms with Gasteiger partial charge in [-0.15, -0.1) is 0 Å². The summed E-state index contributed by atoms with van der Waals surface area (Å²) in [6.45, 7) is 0.824. The molecule has 1 aromatic carbocycles. The molecule has 0 spiro atoms. The van der Waals surface area contributed by atoms with Crippen LogP contribution in [0.3, 0.4) is 0 Å². The zero-order chi connectivity index (χ0) is 12.3. The highest BCUT2D eigenvalue weighted by molar-refractivity contribution is 5.68. The Morgan fingerprint density at radius 1 is 1.41 bits per heavy atom. The van der Waals surface area contributed by atoms with E-state index in [1.165, 1.54) is 4.90 Å². The molecule has 1 aliphatic heterocycles. The fraction of sp³-hybridized carbons (Fsp3) is 0.417. The maximum absolute atomic E-state index is 11.6. The molecule has 1 aliphatic rings. The number of likely N-dealkylation sites (tertiary alicyclic amines) is 1. The molecule has 0 radical (unpaired) electrons. The standard InChI is InChI=1S/C12H16N2O3/c13-10-6-14(7-11(10)15)12(16)17-8-9-4-2-1-3-5-9/h1-5,10-11,15H,6-8,13H2/t10-,11+/m0/s1. The molecule has 0 bridgehead atoms. The van der Waals surface area contributed by atoms with Gasteiger partial charge in [0.15, 0.2) is 0 Å². The number of aliphatic hydroxyl groups excluding tert-OH is 1. The lowest BCUT2D eigenvalue weighted by atomic mass is 10.2. The van der Waals surface area contributed by atoms with Crippen LogP contribution in [0.4, 0.5) is 4.79 Å². The average molecular weight is 236 g/mol. The molecular formula is C12H16N2O3. The van der Waals surface area contributed by atoms with Crippen molar-refractivity contribution in [3.8, 4) is 0 Å². The molecule has 2 atom stereocenters. The third-order valence-corrected chi connectivity index (χ3v) is 2.80. The molecular weight excluding hydrogens is 220 g/mol. The molecule has 1 heterocycles. The lowest BCUT2D eigenvalue weighted by molar-refractivity contribution is 0.0971. The van der Waals surface area contributed by atoms with E-state index in [1.807, 2.05) is 30.3 Å². The number of hydrogen-bond acceptors (Lipinski definition) is 4. The van der Waals surface area contributed by atoms with E-state index in [2.05, 4.69) is 0 Å². The van der Waals surface area contributed by atoms with E-state index in [1.54, 1.807) is 0 Å². The number of ether oxygens (including phenoxy) is 1. The molecule has 2 rings (SSSR count). The lowest BCUT2D eigenvalue weighted by Gasteiger charge is -2.15. The molecule has 1 amide bonds. The largest absolute Gasteiger partial charge is 0.445 e. The minimum absolute atomic E-state index is 0.238. The summed E-state index contributed by atoms with van der Waals surface area (Å²) in [5, 5.41) is 9.43. The van der Waals surface area contributed by atoms with E-state index in [-0.39, 0.29) is 19.2 Å². The highest BCUT2D eigenvalue weighted by Gasteiger charge is 2.32. The van der Waals surface area contributed by atoms with Crippen molar-refractivity contribution in [2.24, 2.45) is 5.73 Å². The SMILES string of the molecule is N[C@H]1CN(C(=O)OCc2ccccc2)C[C@H]1O. The fourth-order valence-corrected chi connectivity index (χ4v) is 1.77. The minimum Gasteiger partial charge on any atom is -0.445 e. The van der Waals surface area contributed by atoms with Gasteiger partial charge in [-0.05, 0) is 5.56 Å². The van der Waals surface area contributed by atoms with E-state index in [0.29, 0.717) is 6.54 Å². The van der Waals surface area contributed by atoms with E-state index < -0.39 is 12.2 Å². The Balaban J connectivity index is 1.82. The first-order valence-corrected chi connectivity index (χ1v) is 5.56. The summed E-state index contributed by atoms with van der Waals surface area (Å²) in [7, 11) is 0. The second kappa shape index (κ2) is 5.16. The molecule has 5 nitrogen and oxygen atoms in total. The average Bonchev–Trinajstić information content (AvgIpc) is 2.68. The molecule has 0 aromatic heterocycles. The van der Waals surface area contributed by atoms with Crippen LogP contribution in [0.5, 0.6) is 0 Å².